The molecule has 2 heterocycles. The lowest BCUT2D eigenvalue weighted by Crippen LogP contribution is -2.33. The third-order valence-corrected chi connectivity index (χ3v) is 5.33. The number of fused-ring (bicyclic) bond motifs is 3. The van der Waals surface area contributed by atoms with Crippen LogP contribution in [0.25, 0.3) is 0 Å². The fourth-order valence-corrected chi connectivity index (χ4v) is 3.82. The molecule has 1 saturated heterocycles. The predicted octanol–water partition coefficient (Wildman–Crippen LogP) is 2.54. The molecular weight excluding hydrogens is 338 g/mol. The Morgan fingerprint density at radius 3 is 2.69 bits per heavy atom. The van der Waals surface area contributed by atoms with E-state index in [1.54, 1.807) is 13.8 Å². The lowest BCUT2D eigenvalue weighted by Gasteiger charge is -2.19. The zero-order valence-electron chi connectivity index (χ0n) is 14.3. The molecule has 26 heavy (non-hydrogen) atoms. The maximum atomic E-state index is 12.7. The number of rotatable bonds is 2. The fraction of sp³-hybridized carbons (Fsp3) is 0.316. The van der Waals surface area contributed by atoms with Crippen LogP contribution in [0.3, 0.4) is 0 Å². The van der Waals surface area contributed by atoms with Gasteiger partial charge in [-0.25, -0.2) is 14.5 Å². The maximum Gasteiger partial charge on any atom is 0.414 e. The SMILES string of the molecule is CC1=C(C)[C@@H](O/C=C2/C(=O)N(C(=O)O)[C@@H]3c4ccccc4C[C@H]23)OC1=O. The molecule has 0 aromatic heterocycles. The second kappa shape index (κ2) is 5.72. The summed E-state index contributed by atoms with van der Waals surface area (Å²) in [6.07, 6.45) is -0.355. The second-order valence-corrected chi connectivity index (χ2v) is 6.67. The van der Waals surface area contributed by atoms with Crippen molar-refractivity contribution in [3.8, 4) is 0 Å². The van der Waals surface area contributed by atoms with Crippen molar-refractivity contribution in [1.29, 1.82) is 0 Å². The van der Waals surface area contributed by atoms with Crippen molar-refractivity contribution < 1.29 is 29.0 Å². The second-order valence-electron chi connectivity index (χ2n) is 6.67. The quantitative estimate of drug-likeness (QED) is 0.498. The third-order valence-electron chi connectivity index (χ3n) is 5.33. The van der Waals surface area contributed by atoms with Gasteiger partial charge in [0.15, 0.2) is 0 Å². The van der Waals surface area contributed by atoms with Gasteiger partial charge in [-0.1, -0.05) is 24.3 Å². The summed E-state index contributed by atoms with van der Waals surface area (Å²) in [4.78, 5) is 36.8. The molecule has 1 fully saturated rings. The van der Waals surface area contributed by atoms with Gasteiger partial charge >= 0.3 is 12.1 Å². The van der Waals surface area contributed by atoms with Gasteiger partial charge in [0.05, 0.1) is 17.9 Å². The van der Waals surface area contributed by atoms with Crippen molar-refractivity contribution in [2.45, 2.75) is 32.6 Å². The van der Waals surface area contributed by atoms with Crippen LogP contribution in [0, 0.1) is 5.92 Å². The van der Waals surface area contributed by atoms with Crippen LogP contribution in [-0.2, 0) is 25.5 Å². The smallest absolute Gasteiger partial charge is 0.414 e. The number of hydrogen-bond acceptors (Lipinski definition) is 5. The Morgan fingerprint density at radius 1 is 1.31 bits per heavy atom. The van der Waals surface area contributed by atoms with Crippen LogP contribution in [0.2, 0.25) is 0 Å². The highest BCUT2D eigenvalue weighted by atomic mass is 16.7. The molecule has 3 aliphatic rings. The molecule has 4 rings (SSSR count). The Kier molecular flexibility index (Phi) is 3.61. The molecule has 0 bridgehead atoms. The van der Waals surface area contributed by atoms with Gasteiger partial charge in [0.2, 0.25) is 0 Å². The van der Waals surface area contributed by atoms with Gasteiger partial charge < -0.3 is 14.6 Å². The van der Waals surface area contributed by atoms with Crippen LogP contribution >= 0.6 is 0 Å². The van der Waals surface area contributed by atoms with E-state index in [1.165, 1.54) is 6.26 Å². The number of nitrogens with zero attached hydrogens (tertiary/aromatic N) is 1. The largest absolute Gasteiger partial charge is 0.465 e. The predicted molar refractivity (Wildman–Crippen MR) is 88.7 cm³/mol. The first kappa shape index (κ1) is 16.4. The number of carbonyl (C=O) groups is 3. The maximum absolute atomic E-state index is 12.7. The number of imide groups is 1. The van der Waals surface area contributed by atoms with Gasteiger partial charge in [0.1, 0.15) is 0 Å². The highest BCUT2D eigenvalue weighted by molar-refractivity contribution is 6.05. The first-order valence-electron chi connectivity index (χ1n) is 8.28. The van der Waals surface area contributed by atoms with E-state index in [0.29, 0.717) is 17.6 Å². The van der Waals surface area contributed by atoms with Crippen LogP contribution in [-0.4, -0.2) is 34.3 Å². The number of esters is 1. The minimum Gasteiger partial charge on any atom is -0.465 e. The summed E-state index contributed by atoms with van der Waals surface area (Å²) >= 11 is 0. The van der Waals surface area contributed by atoms with Gasteiger partial charge in [-0.15, -0.1) is 0 Å². The van der Waals surface area contributed by atoms with Crippen molar-refractivity contribution in [3.63, 3.8) is 0 Å². The van der Waals surface area contributed by atoms with Gasteiger partial charge in [0, 0.05) is 17.1 Å². The highest BCUT2D eigenvalue weighted by Crippen LogP contribution is 2.49. The number of amides is 2. The molecule has 3 atom stereocenters. The normalized spacial score (nSPS) is 28.5. The van der Waals surface area contributed by atoms with E-state index in [9.17, 15) is 19.5 Å². The Hall–Kier alpha value is -3.09. The zero-order valence-corrected chi connectivity index (χ0v) is 14.3. The molecule has 2 amide bonds. The minimum absolute atomic E-state index is 0.280. The highest BCUT2D eigenvalue weighted by Gasteiger charge is 2.52. The molecule has 0 unspecified atom stereocenters. The molecule has 0 spiro atoms. The van der Waals surface area contributed by atoms with Crippen LogP contribution < -0.4 is 0 Å². The van der Waals surface area contributed by atoms with Gasteiger partial charge in [0.25, 0.3) is 12.2 Å². The van der Waals surface area contributed by atoms with Gasteiger partial charge in [-0.2, -0.15) is 0 Å². The minimum atomic E-state index is -1.29. The van der Waals surface area contributed by atoms with E-state index in [2.05, 4.69) is 0 Å². The van der Waals surface area contributed by atoms with E-state index in [1.807, 2.05) is 24.3 Å². The zero-order chi connectivity index (χ0) is 18.6. The summed E-state index contributed by atoms with van der Waals surface area (Å²) < 4.78 is 10.6. The van der Waals surface area contributed by atoms with Crippen LogP contribution in [0.5, 0.6) is 0 Å². The molecule has 134 valence electrons. The molecule has 1 aromatic rings. The molecule has 2 aliphatic heterocycles. The van der Waals surface area contributed by atoms with Crippen LogP contribution in [0.4, 0.5) is 4.79 Å². The average molecular weight is 355 g/mol. The van der Waals surface area contributed by atoms with Crippen molar-refractivity contribution in [2.24, 2.45) is 5.92 Å². The van der Waals surface area contributed by atoms with Crippen molar-refractivity contribution in [3.05, 3.63) is 58.4 Å². The molecule has 0 radical (unpaired) electrons. The third kappa shape index (κ3) is 2.23. The Bertz CT molecular complexity index is 899. The summed E-state index contributed by atoms with van der Waals surface area (Å²) in [6.45, 7) is 3.36. The molecule has 1 N–H and O–H groups in total. The molecular formula is C19H17NO6. The van der Waals surface area contributed by atoms with Crippen LogP contribution in [0.15, 0.2) is 47.2 Å². The summed E-state index contributed by atoms with van der Waals surface area (Å²) in [6, 6.07) is 6.96. The van der Waals surface area contributed by atoms with Gasteiger partial charge in [-0.3, -0.25) is 4.79 Å². The fourth-order valence-electron chi connectivity index (χ4n) is 3.82. The van der Waals surface area contributed by atoms with Crippen molar-refractivity contribution in [2.75, 3.05) is 0 Å². The molecule has 7 nitrogen and oxygen atoms in total. The van der Waals surface area contributed by atoms with Crippen molar-refractivity contribution >= 4 is 18.0 Å². The summed E-state index contributed by atoms with van der Waals surface area (Å²) in [7, 11) is 0. The standard InChI is InChI=1S/C19H17NO6/c1-9-10(2)18(26-17(9)22)25-8-14-13-7-11-5-3-4-6-12(11)15(13)20(16(14)21)19(23)24/h3-6,8,13,15,18H,7H2,1-2H3,(H,23,24)/b14-8+/t13-,15-,18+/m1/s1. The Balaban J connectivity index is 1.67. The van der Waals surface area contributed by atoms with E-state index < -0.39 is 30.3 Å². The number of likely N-dealkylation sites (tertiary alicyclic amines) is 1. The Labute approximate surface area is 149 Å². The first-order valence-corrected chi connectivity index (χ1v) is 8.28. The monoisotopic (exact) mass is 355 g/mol. The van der Waals surface area contributed by atoms with Crippen LogP contribution in [0.1, 0.15) is 31.0 Å². The molecule has 1 aromatic carbocycles. The topological polar surface area (TPSA) is 93.1 Å². The van der Waals surface area contributed by atoms with E-state index in [0.717, 1.165) is 16.0 Å². The number of cyclic esters (lactones) is 1. The summed E-state index contributed by atoms with van der Waals surface area (Å²) in [5.74, 6) is -1.36. The lowest BCUT2D eigenvalue weighted by molar-refractivity contribution is -0.153. The number of ether oxygens (including phenoxy) is 2. The number of hydrogen-bond donors (Lipinski definition) is 1. The van der Waals surface area contributed by atoms with E-state index in [4.69, 9.17) is 9.47 Å². The molecule has 7 heteroatoms. The lowest BCUT2D eigenvalue weighted by atomic mass is 9.97. The van der Waals surface area contributed by atoms with E-state index >= 15 is 0 Å². The Morgan fingerprint density at radius 2 is 2.04 bits per heavy atom. The summed E-state index contributed by atoms with van der Waals surface area (Å²) in [5, 5.41) is 9.53. The van der Waals surface area contributed by atoms with Crippen molar-refractivity contribution in [1.82, 2.24) is 4.90 Å². The average Bonchev–Trinajstić information content (AvgIpc) is 3.18. The van der Waals surface area contributed by atoms with E-state index in [-0.39, 0.29) is 11.5 Å². The van der Waals surface area contributed by atoms with Gasteiger partial charge in [-0.05, 0) is 31.4 Å². The number of carbonyl (C=O) groups excluding carboxylic acids is 2. The summed E-state index contributed by atoms with van der Waals surface area (Å²) in [5.41, 5.74) is 3.26. The number of carboxylic acid groups (broad SMARTS) is 1. The number of benzene rings is 1. The molecule has 0 saturated carbocycles. The molecule has 1 aliphatic carbocycles. The first-order chi connectivity index (χ1) is 12.4.